The molecule has 1 aromatic heterocycles. The van der Waals surface area contributed by atoms with Crippen molar-refractivity contribution >= 4 is 27.5 Å². The van der Waals surface area contributed by atoms with Gasteiger partial charge in [0.1, 0.15) is 0 Å². The second kappa shape index (κ2) is 6.72. The number of halogens is 2. The van der Waals surface area contributed by atoms with Gasteiger partial charge in [0.2, 0.25) is 0 Å². The maximum atomic E-state index is 6.27. The Hall–Kier alpha value is -0.880. The van der Waals surface area contributed by atoms with Gasteiger partial charge in [0.25, 0.3) is 0 Å². The van der Waals surface area contributed by atoms with Crippen LogP contribution >= 0.6 is 27.5 Å². The van der Waals surface area contributed by atoms with Crippen molar-refractivity contribution in [2.75, 3.05) is 0 Å². The standard InChI is InChI=1S/C14H18BrClN4/c1-9(2)20-14(12(16)8-18-20)13(19-17)7-10-3-5-11(15)6-4-10/h3-6,8-9,13,19H,7,17H2,1-2H3. The van der Waals surface area contributed by atoms with Crippen LogP contribution in [0.5, 0.6) is 0 Å². The predicted octanol–water partition coefficient (Wildman–Crippen LogP) is 3.63. The summed E-state index contributed by atoms with van der Waals surface area (Å²) in [6.07, 6.45) is 2.42. The van der Waals surface area contributed by atoms with E-state index in [0.29, 0.717) is 5.02 Å². The van der Waals surface area contributed by atoms with Gasteiger partial charge in [0.05, 0.1) is 23.0 Å². The summed E-state index contributed by atoms with van der Waals surface area (Å²) < 4.78 is 2.97. The van der Waals surface area contributed by atoms with Gasteiger partial charge in [-0.05, 0) is 38.0 Å². The van der Waals surface area contributed by atoms with Crippen LogP contribution in [0.2, 0.25) is 5.02 Å². The molecule has 0 fully saturated rings. The number of hydrogen-bond donors (Lipinski definition) is 2. The minimum absolute atomic E-state index is 0.0754. The molecule has 108 valence electrons. The van der Waals surface area contributed by atoms with Crippen LogP contribution in [-0.4, -0.2) is 9.78 Å². The largest absolute Gasteiger partial charge is 0.271 e. The molecule has 6 heteroatoms. The van der Waals surface area contributed by atoms with Crippen molar-refractivity contribution in [3.63, 3.8) is 0 Å². The van der Waals surface area contributed by atoms with Gasteiger partial charge >= 0.3 is 0 Å². The maximum absolute atomic E-state index is 6.27. The van der Waals surface area contributed by atoms with E-state index < -0.39 is 0 Å². The molecule has 4 nitrogen and oxygen atoms in total. The average Bonchev–Trinajstić information content (AvgIpc) is 2.80. The molecule has 0 spiro atoms. The van der Waals surface area contributed by atoms with Gasteiger partial charge in [0.15, 0.2) is 0 Å². The molecule has 0 saturated heterocycles. The van der Waals surface area contributed by atoms with Crippen LogP contribution in [0.1, 0.15) is 37.2 Å². The molecule has 0 aliphatic carbocycles. The highest BCUT2D eigenvalue weighted by molar-refractivity contribution is 9.10. The molecule has 1 heterocycles. The normalized spacial score (nSPS) is 12.9. The van der Waals surface area contributed by atoms with Crippen LogP contribution < -0.4 is 11.3 Å². The van der Waals surface area contributed by atoms with Crippen LogP contribution in [0.25, 0.3) is 0 Å². The highest BCUT2D eigenvalue weighted by Gasteiger charge is 2.21. The Morgan fingerprint density at radius 2 is 2.00 bits per heavy atom. The SMILES string of the molecule is CC(C)n1ncc(Cl)c1C(Cc1ccc(Br)cc1)NN. The third-order valence-electron chi connectivity index (χ3n) is 3.16. The highest BCUT2D eigenvalue weighted by atomic mass is 79.9. The van der Waals surface area contributed by atoms with Crippen LogP contribution in [0.15, 0.2) is 34.9 Å². The van der Waals surface area contributed by atoms with Crippen molar-refractivity contribution in [3.05, 3.63) is 51.2 Å². The van der Waals surface area contributed by atoms with Crippen molar-refractivity contribution in [2.45, 2.75) is 32.4 Å². The van der Waals surface area contributed by atoms with Crippen LogP contribution in [-0.2, 0) is 6.42 Å². The molecule has 1 unspecified atom stereocenters. The minimum Gasteiger partial charge on any atom is -0.271 e. The molecule has 20 heavy (non-hydrogen) atoms. The second-order valence-electron chi connectivity index (χ2n) is 4.97. The lowest BCUT2D eigenvalue weighted by atomic mass is 10.0. The number of benzene rings is 1. The summed E-state index contributed by atoms with van der Waals surface area (Å²) in [4.78, 5) is 0. The van der Waals surface area contributed by atoms with E-state index >= 15 is 0 Å². The number of nitrogens with two attached hydrogens (primary N) is 1. The Morgan fingerprint density at radius 3 is 2.55 bits per heavy atom. The molecule has 2 aromatic rings. The summed E-state index contributed by atoms with van der Waals surface area (Å²) >= 11 is 9.70. The Balaban J connectivity index is 2.28. The van der Waals surface area contributed by atoms with E-state index in [2.05, 4.69) is 52.4 Å². The van der Waals surface area contributed by atoms with Crippen molar-refractivity contribution in [1.82, 2.24) is 15.2 Å². The summed E-state index contributed by atoms with van der Waals surface area (Å²) in [6, 6.07) is 8.33. The number of nitrogens with one attached hydrogen (secondary N) is 1. The van der Waals surface area contributed by atoms with Crippen LogP contribution in [0.4, 0.5) is 0 Å². The van der Waals surface area contributed by atoms with Gasteiger partial charge in [-0.2, -0.15) is 5.10 Å². The molecule has 1 atom stereocenters. The van der Waals surface area contributed by atoms with Crippen molar-refractivity contribution < 1.29 is 0 Å². The lowest BCUT2D eigenvalue weighted by molar-refractivity contribution is 0.448. The molecule has 0 amide bonds. The summed E-state index contributed by atoms with van der Waals surface area (Å²) in [7, 11) is 0. The van der Waals surface area contributed by atoms with E-state index in [0.717, 1.165) is 16.6 Å². The van der Waals surface area contributed by atoms with Crippen LogP contribution in [0, 0.1) is 0 Å². The van der Waals surface area contributed by atoms with Crippen LogP contribution in [0.3, 0.4) is 0 Å². The van der Waals surface area contributed by atoms with Gasteiger partial charge < -0.3 is 0 Å². The molecule has 2 rings (SSSR count). The topological polar surface area (TPSA) is 55.9 Å². The lowest BCUT2D eigenvalue weighted by Crippen LogP contribution is -2.32. The summed E-state index contributed by atoms with van der Waals surface area (Å²) in [6.45, 7) is 4.14. The molecule has 0 aliphatic heterocycles. The molecule has 0 saturated carbocycles. The quantitative estimate of drug-likeness (QED) is 0.634. The average molecular weight is 358 g/mol. The van der Waals surface area contributed by atoms with Crippen molar-refractivity contribution in [2.24, 2.45) is 5.84 Å². The first-order valence-electron chi connectivity index (χ1n) is 6.46. The van der Waals surface area contributed by atoms with E-state index in [1.165, 1.54) is 5.56 Å². The first-order valence-corrected chi connectivity index (χ1v) is 7.63. The zero-order chi connectivity index (χ0) is 14.7. The number of hydrogen-bond acceptors (Lipinski definition) is 3. The van der Waals surface area contributed by atoms with Gasteiger partial charge in [-0.3, -0.25) is 16.0 Å². The van der Waals surface area contributed by atoms with E-state index in [9.17, 15) is 0 Å². The number of aromatic nitrogens is 2. The zero-order valence-corrected chi connectivity index (χ0v) is 13.8. The summed E-state index contributed by atoms with van der Waals surface area (Å²) in [5.41, 5.74) is 4.95. The smallest absolute Gasteiger partial charge is 0.0834 e. The molecule has 0 aliphatic rings. The third-order valence-corrected chi connectivity index (χ3v) is 3.98. The van der Waals surface area contributed by atoms with E-state index in [1.807, 2.05) is 16.8 Å². The third kappa shape index (κ3) is 3.41. The Morgan fingerprint density at radius 1 is 1.35 bits per heavy atom. The lowest BCUT2D eigenvalue weighted by Gasteiger charge is -2.20. The van der Waals surface area contributed by atoms with E-state index in [-0.39, 0.29) is 12.1 Å². The number of nitrogens with zero attached hydrogens (tertiary/aromatic N) is 2. The number of hydrazine groups is 1. The highest BCUT2D eigenvalue weighted by Crippen LogP contribution is 2.27. The molecule has 0 bridgehead atoms. The van der Waals surface area contributed by atoms with Gasteiger partial charge in [-0.1, -0.05) is 39.7 Å². The van der Waals surface area contributed by atoms with Crippen molar-refractivity contribution in [3.8, 4) is 0 Å². The first kappa shape index (κ1) is 15.5. The fraction of sp³-hybridized carbons (Fsp3) is 0.357. The summed E-state index contributed by atoms with van der Waals surface area (Å²) in [5.74, 6) is 5.72. The van der Waals surface area contributed by atoms with E-state index in [1.54, 1.807) is 6.20 Å². The zero-order valence-electron chi connectivity index (χ0n) is 11.5. The fourth-order valence-corrected chi connectivity index (χ4v) is 2.71. The molecular formula is C14H18BrClN4. The molecule has 0 radical (unpaired) electrons. The molecule has 3 N–H and O–H groups in total. The van der Waals surface area contributed by atoms with Gasteiger partial charge in [-0.15, -0.1) is 0 Å². The molecule has 1 aromatic carbocycles. The molecular weight excluding hydrogens is 340 g/mol. The minimum atomic E-state index is -0.0754. The Bertz CT molecular complexity index is 565. The maximum Gasteiger partial charge on any atom is 0.0834 e. The van der Waals surface area contributed by atoms with E-state index in [4.69, 9.17) is 17.4 Å². The van der Waals surface area contributed by atoms with Crippen molar-refractivity contribution in [1.29, 1.82) is 0 Å². The van der Waals surface area contributed by atoms with Gasteiger partial charge in [0, 0.05) is 10.5 Å². The number of rotatable bonds is 5. The fourth-order valence-electron chi connectivity index (χ4n) is 2.18. The Labute approximate surface area is 132 Å². The first-order chi connectivity index (χ1) is 9.52. The Kier molecular flexibility index (Phi) is 5.21. The van der Waals surface area contributed by atoms with Gasteiger partial charge in [-0.25, -0.2) is 0 Å². The summed E-state index contributed by atoms with van der Waals surface area (Å²) in [5, 5.41) is 4.96. The second-order valence-corrected chi connectivity index (χ2v) is 6.29. The predicted molar refractivity (Wildman–Crippen MR) is 85.5 cm³/mol. The monoisotopic (exact) mass is 356 g/mol.